The molecular weight excluding hydrogens is 404 g/mol. The highest BCUT2D eigenvalue weighted by molar-refractivity contribution is 6.50. The lowest BCUT2D eigenvalue weighted by molar-refractivity contribution is -0.122. The minimum Gasteiger partial charge on any atom is -0.497 e. The van der Waals surface area contributed by atoms with E-state index in [9.17, 15) is 9.59 Å². The number of aryl methyl sites for hydroxylation is 2. The minimum absolute atomic E-state index is 0.329. The summed E-state index contributed by atoms with van der Waals surface area (Å²) in [6, 6.07) is 15.6. The molecule has 2 amide bonds. The fourth-order valence-electron chi connectivity index (χ4n) is 4.47. The lowest BCUT2D eigenvalue weighted by Gasteiger charge is -2.04. The Morgan fingerprint density at radius 1 is 0.969 bits per heavy atom. The van der Waals surface area contributed by atoms with Crippen LogP contribution in [-0.2, 0) is 23.2 Å². The zero-order valence-corrected chi connectivity index (χ0v) is 17.7. The zero-order chi connectivity index (χ0) is 22.4. The Morgan fingerprint density at radius 2 is 1.69 bits per heavy atom. The number of benzene rings is 2. The van der Waals surface area contributed by atoms with Gasteiger partial charge in [-0.3, -0.25) is 14.9 Å². The van der Waals surface area contributed by atoms with Gasteiger partial charge in [-0.2, -0.15) is 5.26 Å². The van der Waals surface area contributed by atoms with Gasteiger partial charge >= 0.3 is 0 Å². The maximum Gasteiger partial charge on any atom is 0.259 e. The number of nitriles is 1. The van der Waals surface area contributed by atoms with Crippen LogP contribution in [0.1, 0.15) is 17.5 Å². The molecule has 1 aliphatic heterocycles. The van der Waals surface area contributed by atoms with Crippen molar-refractivity contribution in [2.45, 2.75) is 13.0 Å². The average molecular weight is 424 g/mol. The van der Waals surface area contributed by atoms with Gasteiger partial charge in [0.05, 0.1) is 30.7 Å². The van der Waals surface area contributed by atoms with E-state index < -0.39 is 11.8 Å². The Kier molecular flexibility index (Phi) is 4.56. The van der Waals surface area contributed by atoms with Gasteiger partial charge in [-0.15, -0.1) is 0 Å². The lowest BCUT2D eigenvalue weighted by Crippen LogP contribution is -2.22. The van der Waals surface area contributed by atoms with Crippen molar-refractivity contribution < 1.29 is 14.3 Å². The Morgan fingerprint density at radius 3 is 2.41 bits per heavy atom. The van der Waals surface area contributed by atoms with Gasteiger partial charge in [0.1, 0.15) is 5.75 Å². The molecule has 7 nitrogen and oxygen atoms in total. The van der Waals surface area contributed by atoms with E-state index in [1.807, 2.05) is 71.0 Å². The lowest BCUT2D eigenvalue weighted by atomic mass is 9.95. The zero-order valence-electron chi connectivity index (χ0n) is 17.7. The van der Waals surface area contributed by atoms with Crippen LogP contribution in [0.5, 0.6) is 5.75 Å². The normalized spacial score (nSPS) is 13.8. The van der Waals surface area contributed by atoms with E-state index >= 15 is 0 Å². The summed E-state index contributed by atoms with van der Waals surface area (Å²) in [6.45, 7) is 0.478. The Labute approximate surface area is 184 Å². The number of hydrogen-bond donors (Lipinski definition) is 1. The van der Waals surface area contributed by atoms with E-state index in [2.05, 4.69) is 11.4 Å². The smallest absolute Gasteiger partial charge is 0.259 e. The number of rotatable bonds is 5. The standard InChI is InChI=1S/C25H20N4O3/c1-28-13-18(16-6-3-4-7-20(16)28)22-23(25(31)27-24(22)30)19-14-29(11-5-10-26)21-9-8-15(32-2)12-17(19)21/h3-4,6-9,12-14H,5,11H2,1-2H3,(H,27,30,31). The summed E-state index contributed by atoms with van der Waals surface area (Å²) in [5.74, 6) is -0.198. The molecule has 0 aliphatic carbocycles. The van der Waals surface area contributed by atoms with Gasteiger partial charge in [-0.05, 0) is 24.3 Å². The summed E-state index contributed by atoms with van der Waals surface area (Å²) in [6.07, 6.45) is 4.06. The first kappa shape index (κ1) is 19.6. The molecule has 3 heterocycles. The van der Waals surface area contributed by atoms with Crippen molar-refractivity contribution in [2.75, 3.05) is 7.11 Å². The largest absolute Gasteiger partial charge is 0.497 e. The second-order valence-electron chi connectivity index (χ2n) is 7.73. The van der Waals surface area contributed by atoms with Crippen molar-refractivity contribution in [3.63, 3.8) is 0 Å². The third-order valence-electron chi connectivity index (χ3n) is 5.92. The molecule has 7 heteroatoms. The quantitative estimate of drug-likeness (QED) is 0.496. The van der Waals surface area contributed by atoms with Crippen LogP contribution in [0.15, 0.2) is 54.9 Å². The SMILES string of the molecule is COc1ccc2c(c1)c(C1=C(c3cn(C)c4ccccc34)C(=O)NC1=O)cn2CCC#N. The van der Waals surface area contributed by atoms with E-state index in [4.69, 9.17) is 10.00 Å². The van der Waals surface area contributed by atoms with Crippen molar-refractivity contribution in [3.05, 3.63) is 66.0 Å². The van der Waals surface area contributed by atoms with E-state index in [0.717, 1.165) is 21.8 Å². The third kappa shape index (κ3) is 2.88. The second-order valence-corrected chi connectivity index (χ2v) is 7.73. The van der Waals surface area contributed by atoms with Crippen LogP contribution in [0.4, 0.5) is 0 Å². The van der Waals surface area contributed by atoms with E-state index in [1.54, 1.807) is 7.11 Å². The number of para-hydroxylation sites is 1. The number of nitrogens with zero attached hydrogens (tertiary/aromatic N) is 3. The molecule has 1 N–H and O–H groups in total. The fourth-order valence-corrected chi connectivity index (χ4v) is 4.47. The van der Waals surface area contributed by atoms with Gasteiger partial charge in [-0.25, -0.2) is 0 Å². The first-order valence-corrected chi connectivity index (χ1v) is 10.2. The molecule has 1 aliphatic rings. The molecule has 0 unspecified atom stereocenters. The van der Waals surface area contributed by atoms with Crippen LogP contribution in [0, 0.1) is 11.3 Å². The molecule has 2 aromatic heterocycles. The summed E-state index contributed by atoms with van der Waals surface area (Å²) in [4.78, 5) is 26.0. The molecule has 0 atom stereocenters. The van der Waals surface area contributed by atoms with Gasteiger partial charge < -0.3 is 13.9 Å². The van der Waals surface area contributed by atoms with Gasteiger partial charge in [0.25, 0.3) is 11.8 Å². The van der Waals surface area contributed by atoms with Crippen molar-refractivity contribution in [1.82, 2.24) is 14.5 Å². The molecule has 32 heavy (non-hydrogen) atoms. The molecule has 0 saturated carbocycles. The van der Waals surface area contributed by atoms with E-state index in [1.165, 1.54) is 0 Å². The number of imide groups is 1. The summed E-state index contributed by atoms with van der Waals surface area (Å²) in [5, 5.41) is 13.2. The topological polar surface area (TPSA) is 89.0 Å². The second kappa shape index (κ2) is 7.43. The highest BCUT2D eigenvalue weighted by atomic mass is 16.5. The Hall–Kier alpha value is -4.31. The number of fused-ring (bicyclic) bond motifs is 2. The number of nitrogens with one attached hydrogen (secondary N) is 1. The van der Waals surface area contributed by atoms with Gasteiger partial charge in [-0.1, -0.05) is 18.2 Å². The first-order chi connectivity index (χ1) is 15.5. The van der Waals surface area contributed by atoms with E-state index in [0.29, 0.717) is 41.0 Å². The maximum atomic E-state index is 13.0. The number of carbonyl (C=O) groups excluding carboxylic acids is 2. The number of methoxy groups -OCH3 is 1. The highest BCUT2D eigenvalue weighted by Gasteiger charge is 2.35. The summed E-state index contributed by atoms with van der Waals surface area (Å²) < 4.78 is 9.29. The summed E-state index contributed by atoms with van der Waals surface area (Å²) in [7, 11) is 3.50. The molecule has 0 spiro atoms. The molecule has 158 valence electrons. The fraction of sp³-hybridized carbons (Fsp3) is 0.160. The molecule has 4 aromatic rings. The average Bonchev–Trinajstić information content (AvgIpc) is 3.42. The first-order valence-electron chi connectivity index (χ1n) is 10.2. The van der Waals surface area contributed by atoms with Gasteiger partial charge in [0, 0.05) is 58.9 Å². The highest BCUT2D eigenvalue weighted by Crippen LogP contribution is 2.39. The van der Waals surface area contributed by atoms with Crippen LogP contribution in [0.2, 0.25) is 0 Å². The van der Waals surface area contributed by atoms with Crippen LogP contribution in [0.3, 0.4) is 0 Å². The number of ether oxygens (including phenoxy) is 1. The molecule has 0 saturated heterocycles. The van der Waals surface area contributed by atoms with Crippen molar-refractivity contribution in [2.24, 2.45) is 7.05 Å². The minimum atomic E-state index is -0.430. The maximum absolute atomic E-state index is 13.0. The predicted molar refractivity (Wildman–Crippen MR) is 122 cm³/mol. The number of amides is 2. The molecule has 0 fully saturated rings. The monoisotopic (exact) mass is 424 g/mol. The van der Waals surface area contributed by atoms with Gasteiger partial charge in [0.15, 0.2) is 0 Å². The Bertz CT molecular complexity index is 1500. The number of aromatic nitrogens is 2. The number of hydrogen-bond acceptors (Lipinski definition) is 4. The van der Waals surface area contributed by atoms with Crippen molar-refractivity contribution in [1.29, 1.82) is 5.26 Å². The Balaban J connectivity index is 1.83. The van der Waals surface area contributed by atoms with Crippen LogP contribution < -0.4 is 10.1 Å². The number of carbonyl (C=O) groups is 2. The molecular formula is C25H20N4O3. The summed E-state index contributed by atoms with van der Waals surface area (Å²) >= 11 is 0. The van der Waals surface area contributed by atoms with Gasteiger partial charge in [0.2, 0.25) is 0 Å². The van der Waals surface area contributed by atoms with Crippen molar-refractivity contribution in [3.8, 4) is 11.8 Å². The van der Waals surface area contributed by atoms with Crippen LogP contribution >= 0.6 is 0 Å². The molecule has 0 bridgehead atoms. The third-order valence-corrected chi connectivity index (χ3v) is 5.92. The predicted octanol–water partition coefficient (Wildman–Crippen LogP) is 3.62. The summed E-state index contributed by atoms with van der Waals surface area (Å²) in [5.41, 5.74) is 3.88. The molecule has 0 radical (unpaired) electrons. The molecule has 2 aromatic carbocycles. The van der Waals surface area contributed by atoms with Crippen LogP contribution in [-0.4, -0.2) is 28.1 Å². The van der Waals surface area contributed by atoms with E-state index in [-0.39, 0.29) is 0 Å². The molecule has 5 rings (SSSR count). The van der Waals surface area contributed by atoms with Crippen molar-refractivity contribution >= 4 is 44.8 Å². The van der Waals surface area contributed by atoms with Crippen LogP contribution in [0.25, 0.3) is 33.0 Å².